The number of non-ortho nitro benzene ring substituents is 1. The number of nitro groups is 2. The molecule has 134 valence electrons. The summed E-state index contributed by atoms with van der Waals surface area (Å²) < 4.78 is 0. The number of hydrogen-bond donors (Lipinski definition) is 6. The highest BCUT2D eigenvalue weighted by Crippen LogP contribution is 2.30. The normalized spacial score (nSPS) is 16.0. The Morgan fingerprint density at radius 2 is 1.62 bits per heavy atom. The van der Waals surface area contributed by atoms with Gasteiger partial charge in [-0.2, -0.15) is 0 Å². The van der Waals surface area contributed by atoms with Gasteiger partial charge in [-0.25, -0.2) is 0 Å². The molecule has 4 unspecified atom stereocenters. The van der Waals surface area contributed by atoms with Gasteiger partial charge < -0.3 is 30.8 Å². The summed E-state index contributed by atoms with van der Waals surface area (Å²) in [6.07, 6.45) is -5.31. The van der Waals surface area contributed by atoms with E-state index in [1.807, 2.05) is 0 Å². The molecule has 24 heavy (non-hydrogen) atoms. The van der Waals surface area contributed by atoms with E-state index in [0.29, 0.717) is 6.07 Å². The first-order chi connectivity index (χ1) is 11.2. The molecule has 0 bridgehead atoms. The number of nitro benzene ring substituents is 2. The first kappa shape index (κ1) is 19.7. The van der Waals surface area contributed by atoms with Crippen LogP contribution in [-0.4, -0.2) is 72.9 Å². The molecule has 0 aliphatic heterocycles. The van der Waals surface area contributed by atoms with Gasteiger partial charge in [0.15, 0.2) is 0 Å². The van der Waals surface area contributed by atoms with Crippen LogP contribution in [0.1, 0.15) is 0 Å². The standard InChI is InChI=1S/C12H17N3O9/c16-4-8(11(19)12(20)10(18)5-17)13-7-2-1-6(14(21)22)3-9(7)15(23)24/h1-3,8,10-13,16-20H,4-5H2. The van der Waals surface area contributed by atoms with Crippen molar-refractivity contribution < 1.29 is 35.4 Å². The summed E-state index contributed by atoms with van der Waals surface area (Å²) in [6, 6.07) is 1.35. The van der Waals surface area contributed by atoms with Crippen LogP contribution in [0.3, 0.4) is 0 Å². The maximum Gasteiger partial charge on any atom is 0.299 e. The molecule has 0 spiro atoms. The Kier molecular flexibility index (Phi) is 6.94. The minimum atomic E-state index is -1.84. The summed E-state index contributed by atoms with van der Waals surface area (Å²) >= 11 is 0. The number of nitrogens with zero attached hydrogens (tertiary/aromatic N) is 2. The molecule has 0 radical (unpaired) electrons. The van der Waals surface area contributed by atoms with Crippen LogP contribution < -0.4 is 5.32 Å². The minimum Gasteiger partial charge on any atom is -0.394 e. The third kappa shape index (κ3) is 4.56. The highest BCUT2D eigenvalue weighted by molar-refractivity contribution is 5.65. The lowest BCUT2D eigenvalue weighted by molar-refractivity contribution is -0.393. The number of rotatable bonds is 9. The van der Waals surface area contributed by atoms with Crippen LogP contribution in [0.5, 0.6) is 0 Å². The van der Waals surface area contributed by atoms with Crippen molar-refractivity contribution in [2.24, 2.45) is 0 Å². The molecule has 12 heteroatoms. The number of nitrogens with one attached hydrogen (secondary N) is 1. The van der Waals surface area contributed by atoms with Crippen molar-refractivity contribution in [1.82, 2.24) is 0 Å². The highest BCUT2D eigenvalue weighted by Gasteiger charge is 2.32. The molecule has 0 aliphatic rings. The molecule has 0 saturated heterocycles. The number of anilines is 1. The third-order valence-corrected chi connectivity index (χ3v) is 3.27. The maximum atomic E-state index is 11.0. The molecule has 1 rings (SSSR count). The molecule has 12 nitrogen and oxygen atoms in total. The van der Waals surface area contributed by atoms with Crippen LogP contribution in [0.15, 0.2) is 18.2 Å². The molecule has 0 aromatic heterocycles. The summed E-state index contributed by atoms with van der Waals surface area (Å²) in [7, 11) is 0. The van der Waals surface area contributed by atoms with Crippen molar-refractivity contribution in [1.29, 1.82) is 0 Å². The average molecular weight is 347 g/mol. The number of hydrogen-bond acceptors (Lipinski definition) is 10. The second-order valence-corrected chi connectivity index (χ2v) is 4.88. The van der Waals surface area contributed by atoms with Gasteiger partial charge in [-0.1, -0.05) is 0 Å². The highest BCUT2D eigenvalue weighted by atomic mass is 16.6. The lowest BCUT2D eigenvalue weighted by Crippen LogP contribution is -2.50. The van der Waals surface area contributed by atoms with Gasteiger partial charge >= 0.3 is 0 Å². The van der Waals surface area contributed by atoms with Gasteiger partial charge in [0, 0.05) is 6.07 Å². The zero-order chi connectivity index (χ0) is 18.4. The quantitative estimate of drug-likeness (QED) is 0.222. The molecule has 1 aromatic carbocycles. The van der Waals surface area contributed by atoms with Crippen LogP contribution in [0, 0.1) is 20.2 Å². The predicted molar refractivity (Wildman–Crippen MR) is 79.4 cm³/mol. The maximum absolute atomic E-state index is 11.0. The molecule has 0 saturated carbocycles. The van der Waals surface area contributed by atoms with E-state index in [-0.39, 0.29) is 5.69 Å². The van der Waals surface area contributed by atoms with Crippen LogP contribution in [-0.2, 0) is 0 Å². The van der Waals surface area contributed by atoms with Crippen LogP contribution >= 0.6 is 0 Å². The van der Waals surface area contributed by atoms with Crippen LogP contribution in [0.4, 0.5) is 17.1 Å². The van der Waals surface area contributed by atoms with Gasteiger partial charge in [-0.3, -0.25) is 20.2 Å². The van der Waals surface area contributed by atoms with E-state index in [4.69, 9.17) is 5.11 Å². The number of aliphatic hydroxyl groups is 5. The van der Waals surface area contributed by atoms with Crippen LogP contribution in [0.2, 0.25) is 0 Å². The zero-order valence-corrected chi connectivity index (χ0v) is 12.2. The van der Waals surface area contributed by atoms with Gasteiger partial charge in [-0.15, -0.1) is 0 Å². The van der Waals surface area contributed by atoms with Gasteiger partial charge in [0.1, 0.15) is 24.0 Å². The van der Waals surface area contributed by atoms with Crippen molar-refractivity contribution in [2.45, 2.75) is 24.4 Å². The number of aliphatic hydroxyl groups excluding tert-OH is 5. The molecule has 0 fully saturated rings. The molecule has 0 heterocycles. The topological polar surface area (TPSA) is 199 Å². The SMILES string of the molecule is O=[N+]([O-])c1ccc(NC(CO)C(O)C(O)C(O)CO)c([N+](=O)[O-])c1. The molecule has 6 N–H and O–H groups in total. The van der Waals surface area contributed by atoms with Gasteiger partial charge in [0.2, 0.25) is 0 Å². The average Bonchev–Trinajstić information content (AvgIpc) is 2.57. The predicted octanol–water partition coefficient (Wildman–Crippen LogP) is -1.65. The van der Waals surface area contributed by atoms with E-state index < -0.39 is 58.8 Å². The van der Waals surface area contributed by atoms with E-state index in [9.17, 15) is 40.7 Å². The van der Waals surface area contributed by atoms with Gasteiger partial charge in [-0.05, 0) is 6.07 Å². The van der Waals surface area contributed by atoms with Crippen molar-refractivity contribution in [2.75, 3.05) is 18.5 Å². The summed E-state index contributed by atoms with van der Waals surface area (Å²) in [5.41, 5.74) is -1.44. The zero-order valence-electron chi connectivity index (χ0n) is 12.2. The number of benzene rings is 1. The first-order valence-electron chi connectivity index (χ1n) is 6.68. The molecule has 4 atom stereocenters. The van der Waals surface area contributed by atoms with Gasteiger partial charge in [0.05, 0.1) is 35.2 Å². The summed E-state index contributed by atoms with van der Waals surface area (Å²) in [6.45, 7) is -1.64. The lowest BCUT2D eigenvalue weighted by Gasteiger charge is -2.28. The molecule has 0 aliphatic carbocycles. The third-order valence-electron chi connectivity index (χ3n) is 3.27. The Bertz CT molecular complexity index is 597. The molecule has 0 amide bonds. The fraction of sp³-hybridized carbons (Fsp3) is 0.500. The first-order valence-corrected chi connectivity index (χ1v) is 6.68. The lowest BCUT2D eigenvalue weighted by atomic mass is 10.0. The fourth-order valence-corrected chi connectivity index (χ4v) is 1.92. The van der Waals surface area contributed by atoms with Crippen molar-refractivity contribution in [3.63, 3.8) is 0 Å². The molecular formula is C12H17N3O9. The summed E-state index contributed by atoms with van der Waals surface area (Å²) in [4.78, 5) is 20.0. The summed E-state index contributed by atoms with van der Waals surface area (Å²) in [5, 5.41) is 70.9. The Morgan fingerprint density at radius 3 is 2.08 bits per heavy atom. The van der Waals surface area contributed by atoms with Crippen molar-refractivity contribution in [3.05, 3.63) is 38.4 Å². The second-order valence-electron chi connectivity index (χ2n) is 4.88. The smallest absolute Gasteiger partial charge is 0.299 e. The fourth-order valence-electron chi connectivity index (χ4n) is 1.92. The van der Waals surface area contributed by atoms with Gasteiger partial charge in [0.25, 0.3) is 11.4 Å². The Balaban J connectivity index is 3.08. The Morgan fingerprint density at radius 1 is 1.00 bits per heavy atom. The Hall–Kier alpha value is -2.38. The molecule has 1 aromatic rings. The minimum absolute atomic E-state index is 0.241. The van der Waals surface area contributed by atoms with E-state index >= 15 is 0 Å². The van der Waals surface area contributed by atoms with Crippen molar-refractivity contribution in [3.8, 4) is 0 Å². The van der Waals surface area contributed by atoms with Crippen molar-refractivity contribution >= 4 is 17.1 Å². The van der Waals surface area contributed by atoms with Crippen LogP contribution in [0.25, 0.3) is 0 Å². The largest absolute Gasteiger partial charge is 0.394 e. The van der Waals surface area contributed by atoms with E-state index in [1.165, 1.54) is 0 Å². The van der Waals surface area contributed by atoms with E-state index in [1.54, 1.807) is 0 Å². The monoisotopic (exact) mass is 347 g/mol. The summed E-state index contributed by atoms with van der Waals surface area (Å²) in [5.74, 6) is 0. The molecular weight excluding hydrogens is 330 g/mol. The second kappa shape index (κ2) is 8.47. The van der Waals surface area contributed by atoms with E-state index in [2.05, 4.69) is 5.32 Å². The Labute approximate surface area is 134 Å². The van der Waals surface area contributed by atoms with E-state index in [0.717, 1.165) is 12.1 Å².